The minimum absolute atomic E-state index is 0.131. The minimum atomic E-state index is 0.131. The molecule has 5 nitrogen and oxygen atoms in total. The van der Waals surface area contributed by atoms with E-state index in [1.54, 1.807) is 12.4 Å². The monoisotopic (exact) mass is 310 g/mol. The number of likely N-dealkylation sites (tertiary alicyclic amines) is 1. The number of hydrogen-bond donors (Lipinski definition) is 1. The lowest BCUT2D eigenvalue weighted by Crippen LogP contribution is -2.33. The van der Waals surface area contributed by atoms with Gasteiger partial charge in [0.1, 0.15) is 0 Å². The summed E-state index contributed by atoms with van der Waals surface area (Å²) < 4.78 is 0. The Morgan fingerprint density at radius 3 is 2.04 bits per heavy atom. The molecule has 0 bridgehead atoms. The van der Waals surface area contributed by atoms with Gasteiger partial charge in [0.15, 0.2) is 0 Å². The number of nitrogens with two attached hydrogens (primary N) is 1. The normalized spacial score (nSPS) is 15.7. The fourth-order valence-corrected chi connectivity index (χ4v) is 2.93. The molecule has 1 fully saturated rings. The van der Waals surface area contributed by atoms with Crippen LogP contribution in [0.15, 0.2) is 36.7 Å². The SMILES string of the molecule is Nc1ncc(-c2ccc(C(=O)N3CCCCCCC3)cc2)cn1. The van der Waals surface area contributed by atoms with Gasteiger partial charge < -0.3 is 10.6 Å². The molecule has 23 heavy (non-hydrogen) atoms. The number of benzene rings is 1. The number of hydrogen-bond acceptors (Lipinski definition) is 4. The van der Waals surface area contributed by atoms with Gasteiger partial charge in [0.25, 0.3) is 5.91 Å². The lowest BCUT2D eigenvalue weighted by Gasteiger charge is -2.25. The van der Waals surface area contributed by atoms with Crippen molar-refractivity contribution >= 4 is 11.9 Å². The third kappa shape index (κ3) is 3.86. The largest absolute Gasteiger partial charge is 0.368 e. The highest BCUT2D eigenvalue weighted by molar-refractivity contribution is 5.94. The number of aromatic nitrogens is 2. The van der Waals surface area contributed by atoms with Crippen LogP contribution in [0.25, 0.3) is 11.1 Å². The second-order valence-electron chi connectivity index (χ2n) is 5.97. The Morgan fingerprint density at radius 1 is 0.870 bits per heavy atom. The second kappa shape index (κ2) is 7.22. The van der Waals surface area contributed by atoms with Crippen LogP contribution < -0.4 is 5.73 Å². The van der Waals surface area contributed by atoms with E-state index in [9.17, 15) is 4.79 Å². The highest BCUT2D eigenvalue weighted by Gasteiger charge is 2.16. The predicted molar refractivity (Wildman–Crippen MR) is 90.9 cm³/mol. The summed E-state index contributed by atoms with van der Waals surface area (Å²) in [5.74, 6) is 0.393. The third-order valence-electron chi connectivity index (χ3n) is 4.28. The maximum atomic E-state index is 12.6. The van der Waals surface area contributed by atoms with E-state index in [0.717, 1.165) is 42.6 Å². The summed E-state index contributed by atoms with van der Waals surface area (Å²) in [6.07, 6.45) is 9.33. The van der Waals surface area contributed by atoms with Crippen molar-refractivity contribution in [3.8, 4) is 11.1 Å². The fourth-order valence-electron chi connectivity index (χ4n) is 2.93. The molecule has 3 rings (SSSR count). The van der Waals surface area contributed by atoms with Crippen LogP contribution in [0.2, 0.25) is 0 Å². The Morgan fingerprint density at radius 2 is 1.43 bits per heavy atom. The van der Waals surface area contributed by atoms with E-state index >= 15 is 0 Å². The van der Waals surface area contributed by atoms with Crippen LogP contribution in [0.1, 0.15) is 42.5 Å². The summed E-state index contributed by atoms with van der Waals surface area (Å²) in [7, 11) is 0. The van der Waals surface area contributed by atoms with Gasteiger partial charge in [-0.15, -0.1) is 0 Å². The second-order valence-corrected chi connectivity index (χ2v) is 5.97. The standard InChI is InChI=1S/C18H22N4O/c19-18-20-12-16(13-21-18)14-6-8-15(9-7-14)17(23)22-10-4-2-1-3-5-11-22/h6-9,12-13H,1-5,10-11H2,(H2,19,20,21). The fraction of sp³-hybridized carbons (Fsp3) is 0.389. The predicted octanol–water partition coefficient (Wildman–Crippen LogP) is 3.13. The molecule has 1 aromatic carbocycles. The minimum Gasteiger partial charge on any atom is -0.368 e. The Labute approximate surface area is 136 Å². The van der Waals surface area contributed by atoms with Gasteiger partial charge in [-0.25, -0.2) is 9.97 Å². The Kier molecular flexibility index (Phi) is 4.86. The molecule has 0 radical (unpaired) electrons. The third-order valence-corrected chi connectivity index (χ3v) is 4.28. The van der Waals surface area contributed by atoms with E-state index in [-0.39, 0.29) is 11.9 Å². The molecule has 5 heteroatoms. The van der Waals surface area contributed by atoms with Gasteiger partial charge in [-0.2, -0.15) is 0 Å². The topological polar surface area (TPSA) is 72.1 Å². The number of nitrogens with zero attached hydrogens (tertiary/aromatic N) is 3. The van der Waals surface area contributed by atoms with Gasteiger partial charge in [-0.3, -0.25) is 4.79 Å². The quantitative estimate of drug-likeness (QED) is 0.925. The molecule has 2 N–H and O–H groups in total. The summed E-state index contributed by atoms with van der Waals surface area (Å²) in [6, 6.07) is 7.64. The summed E-state index contributed by atoms with van der Waals surface area (Å²) in [6.45, 7) is 1.73. The molecule has 1 amide bonds. The van der Waals surface area contributed by atoms with Crippen LogP contribution in [0.4, 0.5) is 5.95 Å². The maximum absolute atomic E-state index is 12.6. The van der Waals surface area contributed by atoms with Gasteiger partial charge >= 0.3 is 0 Å². The molecule has 1 saturated heterocycles. The molecular weight excluding hydrogens is 288 g/mol. The highest BCUT2D eigenvalue weighted by atomic mass is 16.2. The van der Waals surface area contributed by atoms with Crippen LogP contribution in [0, 0.1) is 0 Å². The number of anilines is 1. The molecule has 0 atom stereocenters. The molecule has 1 aromatic heterocycles. The van der Waals surface area contributed by atoms with Crippen molar-refractivity contribution in [2.24, 2.45) is 0 Å². The van der Waals surface area contributed by atoms with E-state index in [0.29, 0.717) is 0 Å². The molecule has 0 spiro atoms. The van der Waals surface area contributed by atoms with Crippen molar-refractivity contribution in [3.05, 3.63) is 42.2 Å². The van der Waals surface area contributed by atoms with Crippen molar-refractivity contribution < 1.29 is 4.79 Å². The van der Waals surface area contributed by atoms with Crippen LogP contribution >= 0.6 is 0 Å². The van der Waals surface area contributed by atoms with Crippen molar-refractivity contribution in [2.45, 2.75) is 32.1 Å². The zero-order valence-corrected chi connectivity index (χ0v) is 13.2. The summed E-state index contributed by atoms with van der Waals surface area (Å²) >= 11 is 0. The van der Waals surface area contributed by atoms with Crippen LogP contribution in [-0.4, -0.2) is 33.9 Å². The van der Waals surface area contributed by atoms with E-state index in [4.69, 9.17) is 5.73 Å². The molecule has 0 aliphatic carbocycles. The Balaban J connectivity index is 1.73. The van der Waals surface area contributed by atoms with Gasteiger partial charge in [-0.1, -0.05) is 31.4 Å². The first-order valence-corrected chi connectivity index (χ1v) is 8.21. The van der Waals surface area contributed by atoms with Gasteiger partial charge in [0.05, 0.1) is 0 Å². The van der Waals surface area contributed by atoms with Crippen molar-refractivity contribution in [1.82, 2.24) is 14.9 Å². The van der Waals surface area contributed by atoms with Gasteiger partial charge in [0.2, 0.25) is 5.95 Å². The zero-order chi connectivity index (χ0) is 16.1. The Hall–Kier alpha value is -2.43. The lowest BCUT2D eigenvalue weighted by atomic mass is 10.0. The number of rotatable bonds is 2. The van der Waals surface area contributed by atoms with Crippen molar-refractivity contribution in [2.75, 3.05) is 18.8 Å². The lowest BCUT2D eigenvalue weighted by molar-refractivity contribution is 0.0742. The number of carbonyl (C=O) groups excluding carboxylic acids is 1. The number of amides is 1. The number of nitrogen functional groups attached to an aromatic ring is 1. The first-order chi connectivity index (χ1) is 11.2. The van der Waals surface area contributed by atoms with E-state index in [1.165, 1.54) is 19.3 Å². The van der Waals surface area contributed by atoms with E-state index in [2.05, 4.69) is 9.97 Å². The molecule has 120 valence electrons. The van der Waals surface area contributed by atoms with Crippen molar-refractivity contribution in [1.29, 1.82) is 0 Å². The number of carbonyl (C=O) groups is 1. The van der Waals surface area contributed by atoms with Gasteiger partial charge in [0, 0.05) is 36.6 Å². The van der Waals surface area contributed by atoms with E-state index in [1.807, 2.05) is 29.2 Å². The molecule has 1 aliphatic rings. The van der Waals surface area contributed by atoms with Crippen LogP contribution in [0.3, 0.4) is 0 Å². The zero-order valence-electron chi connectivity index (χ0n) is 13.2. The Bertz CT molecular complexity index is 644. The van der Waals surface area contributed by atoms with Crippen LogP contribution in [-0.2, 0) is 0 Å². The molecule has 2 aromatic rings. The average molecular weight is 310 g/mol. The smallest absolute Gasteiger partial charge is 0.253 e. The summed E-state index contributed by atoms with van der Waals surface area (Å²) in [5, 5.41) is 0. The highest BCUT2D eigenvalue weighted by Crippen LogP contribution is 2.20. The van der Waals surface area contributed by atoms with E-state index < -0.39 is 0 Å². The molecular formula is C18H22N4O. The first kappa shape index (κ1) is 15.5. The first-order valence-electron chi connectivity index (χ1n) is 8.21. The van der Waals surface area contributed by atoms with Crippen LogP contribution in [0.5, 0.6) is 0 Å². The molecule has 0 unspecified atom stereocenters. The maximum Gasteiger partial charge on any atom is 0.253 e. The van der Waals surface area contributed by atoms with Gasteiger partial charge in [-0.05, 0) is 30.5 Å². The molecule has 0 saturated carbocycles. The molecule has 2 heterocycles. The average Bonchev–Trinajstić information content (AvgIpc) is 2.55. The summed E-state index contributed by atoms with van der Waals surface area (Å²) in [4.78, 5) is 22.6. The molecule has 1 aliphatic heterocycles. The summed E-state index contributed by atoms with van der Waals surface area (Å²) in [5.41, 5.74) is 8.12. The van der Waals surface area contributed by atoms with Crippen molar-refractivity contribution in [3.63, 3.8) is 0 Å².